The van der Waals surface area contributed by atoms with Crippen LogP contribution in [-0.2, 0) is 4.74 Å². The smallest absolute Gasteiger partial charge is 0.410 e. The molecule has 0 aromatic heterocycles. The summed E-state index contributed by atoms with van der Waals surface area (Å²) in [5.41, 5.74) is -0.273. The number of likely N-dealkylation sites (tertiary alicyclic amines) is 1. The number of aliphatic hydroxyl groups is 1. The number of carbonyl (C=O) groups is 1. The van der Waals surface area contributed by atoms with Crippen molar-refractivity contribution >= 4 is 6.09 Å². The van der Waals surface area contributed by atoms with Gasteiger partial charge in [-0.1, -0.05) is 20.8 Å². The molecule has 94 valence electrons. The fourth-order valence-corrected chi connectivity index (χ4v) is 1.90. The number of rotatable bonds is 2. The van der Waals surface area contributed by atoms with E-state index >= 15 is 0 Å². The molecule has 4 heteroatoms. The minimum absolute atomic E-state index is 0.273. The number of amides is 1. The van der Waals surface area contributed by atoms with Crippen molar-refractivity contribution in [3.63, 3.8) is 0 Å². The minimum atomic E-state index is -0.640. The zero-order chi connectivity index (χ0) is 12.3. The quantitative estimate of drug-likeness (QED) is 0.788. The summed E-state index contributed by atoms with van der Waals surface area (Å²) < 4.78 is 5.26. The Morgan fingerprint density at radius 2 is 1.81 bits per heavy atom. The van der Waals surface area contributed by atoms with E-state index in [2.05, 4.69) is 0 Å². The third-order valence-corrected chi connectivity index (χ3v) is 2.98. The highest BCUT2D eigenvalue weighted by atomic mass is 16.6. The lowest BCUT2D eigenvalue weighted by atomic mass is 9.86. The lowest BCUT2D eigenvalue weighted by Crippen LogP contribution is -2.41. The van der Waals surface area contributed by atoms with Gasteiger partial charge in [0, 0.05) is 13.1 Å². The number of hydrogen-bond donors (Lipinski definition) is 1. The zero-order valence-electron chi connectivity index (χ0n) is 10.7. The molecule has 1 aliphatic heterocycles. The molecule has 0 aliphatic carbocycles. The molecule has 0 spiro atoms. The van der Waals surface area contributed by atoms with Gasteiger partial charge in [0.15, 0.2) is 0 Å². The molecular weight excluding hydrogens is 206 g/mol. The van der Waals surface area contributed by atoms with E-state index in [-0.39, 0.29) is 11.5 Å². The van der Waals surface area contributed by atoms with Gasteiger partial charge in [-0.3, -0.25) is 0 Å². The summed E-state index contributed by atoms with van der Waals surface area (Å²) >= 11 is 0. The molecule has 0 aromatic rings. The highest BCUT2D eigenvalue weighted by Crippen LogP contribution is 2.23. The van der Waals surface area contributed by atoms with Crippen molar-refractivity contribution in [2.75, 3.05) is 13.1 Å². The van der Waals surface area contributed by atoms with E-state index < -0.39 is 12.2 Å². The van der Waals surface area contributed by atoms with Crippen LogP contribution in [0.25, 0.3) is 0 Å². The maximum absolute atomic E-state index is 11.7. The zero-order valence-corrected chi connectivity index (χ0v) is 10.7. The molecule has 1 heterocycles. The maximum atomic E-state index is 11.7. The SMILES string of the molecule is C[C@H](OC(=O)N1CCCC1)[C@H](O)C(C)(C)C. The Labute approximate surface area is 97.6 Å². The van der Waals surface area contributed by atoms with Crippen molar-refractivity contribution in [2.45, 2.75) is 52.7 Å². The Bertz CT molecular complexity index is 241. The van der Waals surface area contributed by atoms with E-state index in [4.69, 9.17) is 4.74 Å². The predicted octanol–water partition coefficient (Wildman–Crippen LogP) is 2.01. The van der Waals surface area contributed by atoms with Crippen LogP contribution < -0.4 is 0 Å². The highest BCUT2D eigenvalue weighted by Gasteiger charge is 2.31. The van der Waals surface area contributed by atoms with Crippen LogP contribution in [0.5, 0.6) is 0 Å². The van der Waals surface area contributed by atoms with Gasteiger partial charge >= 0.3 is 6.09 Å². The second-order valence-electron chi connectivity index (χ2n) is 5.59. The first-order valence-corrected chi connectivity index (χ1v) is 5.96. The second-order valence-corrected chi connectivity index (χ2v) is 5.59. The van der Waals surface area contributed by atoms with E-state index in [1.165, 1.54) is 0 Å². The Balaban J connectivity index is 2.44. The molecule has 1 fully saturated rings. The molecule has 4 nitrogen and oxygen atoms in total. The van der Waals surface area contributed by atoms with Crippen molar-refractivity contribution in [1.29, 1.82) is 0 Å². The van der Waals surface area contributed by atoms with Crippen LogP contribution in [0, 0.1) is 5.41 Å². The topological polar surface area (TPSA) is 49.8 Å². The number of nitrogens with zero attached hydrogens (tertiary/aromatic N) is 1. The summed E-state index contributed by atoms with van der Waals surface area (Å²) in [5.74, 6) is 0. The van der Waals surface area contributed by atoms with Crippen molar-refractivity contribution in [1.82, 2.24) is 4.90 Å². The van der Waals surface area contributed by atoms with E-state index in [0.29, 0.717) is 0 Å². The molecule has 2 atom stereocenters. The molecule has 0 radical (unpaired) electrons. The average Bonchev–Trinajstić information content (AvgIpc) is 2.67. The fraction of sp³-hybridized carbons (Fsp3) is 0.917. The lowest BCUT2D eigenvalue weighted by Gasteiger charge is -2.31. The van der Waals surface area contributed by atoms with Crippen molar-refractivity contribution in [2.24, 2.45) is 5.41 Å². The fourth-order valence-electron chi connectivity index (χ4n) is 1.90. The monoisotopic (exact) mass is 229 g/mol. The summed E-state index contributed by atoms with van der Waals surface area (Å²) in [4.78, 5) is 13.4. The molecule has 0 unspecified atom stereocenters. The highest BCUT2D eigenvalue weighted by molar-refractivity contribution is 5.68. The predicted molar refractivity (Wildman–Crippen MR) is 62.2 cm³/mol. The molecule has 0 aromatic carbocycles. The molecule has 1 rings (SSSR count). The Morgan fingerprint density at radius 1 is 1.31 bits per heavy atom. The second kappa shape index (κ2) is 5.04. The normalized spacial score (nSPS) is 20.7. The number of hydrogen-bond acceptors (Lipinski definition) is 3. The van der Waals surface area contributed by atoms with E-state index in [1.54, 1.807) is 11.8 Å². The Hall–Kier alpha value is -0.770. The third-order valence-electron chi connectivity index (χ3n) is 2.98. The van der Waals surface area contributed by atoms with E-state index in [1.807, 2.05) is 20.8 Å². The Morgan fingerprint density at radius 3 is 2.25 bits per heavy atom. The van der Waals surface area contributed by atoms with Crippen LogP contribution in [0.4, 0.5) is 4.79 Å². The summed E-state index contributed by atoms with van der Waals surface area (Å²) in [6.45, 7) is 9.08. The van der Waals surface area contributed by atoms with Gasteiger partial charge in [0.25, 0.3) is 0 Å². The van der Waals surface area contributed by atoms with Gasteiger partial charge < -0.3 is 14.7 Å². The van der Waals surface area contributed by atoms with Crippen LogP contribution in [-0.4, -0.2) is 41.4 Å². The summed E-state index contributed by atoms with van der Waals surface area (Å²) in [5, 5.41) is 9.95. The average molecular weight is 229 g/mol. The molecule has 0 saturated carbocycles. The van der Waals surface area contributed by atoms with Crippen LogP contribution >= 0.6 is 0 Å². The van der Waals surface area contributed by atoms with Gasteiger partial charge in [-0.25, -0.2) is 4.79 Å². The van der Waals surface area contributed by atoms with E-state index in [9.17, 15) is 9.90 Å². The first-order chi connectivity index (χ1) is 7.32. The van der Waals surface area contributed by atoms with Gasteiger partial charge in [-0.05, 0) is 25.2 Å². The van der Waals surface area contributed by atoms with Gasteiger partial charge in [0.1, 0.15) is 6.10 Å². The molecule has 1 saturated heterocycles. The van der Waals surface area contributed by atoms with Gasteiger partial charge in [0.2, 0.25) is 0 Å². The van der Waals surface area contributed by atoms with Crippen LogP contribution in [0.3, 0.4) is 0 Å². The number of aliphatic hydroxyl groups excluding tert-OH is 1. The number of carbonyl (C=O) groups excluding carboxylic acids is 1. The molecule has 0 bridgehead atoms. The first-order valence-electron chi connectivity index (χ1n) is 5.96. The summed E-state index contributed by atoms with van der Waals surface area (Å²) in [6.07, 6.45) is 0.692. The van der Waals surface area contributed by atoms with Crippen LogP contribution in [0.2, 0.25) is 0 Å². The standard InChI is InChI=1S/C12H23NO3/c1-9(10(14)12(2,3)4)16-11(15)13-7-5-6-8-13/h9-10,14H,5-8H2,1-4H3/t9-,10-/m0/s1. The van der Waals surface area contributed by atoms with Gasteiger partial charge in [-0.2, -0.15) is 0 Å². The van der Waals surface area contributed by atoms with Crippen molar-refractivity contribution in [3.05, 3.63) is 0 Å². The lowest BCUT2D eigenvalue weighted by molar-refractivity contribution is -0.0495. The molecule has 1 aliphatic rings. The van der Waals surface area contributed by atoms with E-state index in [0.717, 1.165) is 25.9 Å². The third kappa shape index (κ3) is 3.37. The summed E-state index contributed by atoms with van der Waals surface area (Å²) in [7, 11) is 0. The van der Waals surface area contributed by atoms with Crippen molar-refractivity contribution in [3.8, 4) is 0 Å². The first kappa shape index (κ1) is 13.3. The molecule has 1 amide bonds. The van der Waals surface area contributed by atoms with Crippen LogP contribution in [0.1, 0.15) is 40.5 Å². The van der Waals surface area contributed by atoms with Gasteiger partial charge in [-0.15, -0.1) is 0 Å². The van der Waals surface area contributed by atoms with Crippen LogP contribution in [0.15, 0.2) is 0 Å². The maximum Gasteiger partial charge on any atom is 0.410 e. The largest absolute Gasteiger partial charge is 0.444 e. The number of ether oxygens (including phenoxy) is 1. The Kier molecular flexibility index (Phi) is 4.19. The summed E-state index contributed by atoms with van der Waals surface area (Å²) in [6, 6.07) is 0. The molecule has 1 N–H and O–H groups in total. The molecular formula is C12H23NO3. The minimum Gasteiger partial charge on any atom is -0.444 e. The van der Waals surface area contributed by atoms with Crippen molar-refractivity contribution < 1.29 is 14.6 Å². The van der Waals surface area contributed by atoms with Gasteiger partial charge in [0.05, 0.1) is 6.10 Å². The molecule has 16 heavy (non-hydrogen) atoms.